The molecule has 3 rings (SSSR count). The molecule has 1 aliphatic rings. The quantitative estimate of drug-likeness (QED) is 0.906. The summed E-state index contributed by atoms with van der Waals surface area (Å²) in [6, 6.07) is 15.6. The van der Waals surface area contributed by atoms with Crippen molar-refractivity contribution < 1.29 is 9.53 Å². The number of benzene rings is 2. The number of ether oxygens (including phenoxy) is 1. The predicted octanol–water partition coefficient (Wildman–Crippen LogP) is 3.44. The molecule has 2 N–H and O–H groups in total. The molecule has 0 saturated heterocycles. The van der Waals surface area contributed by atoms with E-state index in [0.717, 1.165) is 22.6 Å². The summed E-state index contributed by atoms with van der Waals surface area (Å²) in [5.41, 5.74) is 6.97. The molecule has 0 unspecified atom stereocenters. The van der Waals surface area contributed by atoms with Gasteiger partial charge in [0.2, 0.25) is 5.91 Å². The molecule has 0 spiro atoms. The lowest BCUT2D eigenvalue weighted by molar-refractivity contribution is -0.126. The van der Waals surface area contributed by atoms with Gasteiger partial charge in [-0.15, -0.1) is 0 Å². The van der Waals surface area contributed by atoms with Crippen LogP contribution in [0.5, 0.6) is 11.5 Å². The van der Waals surface area contributed by atoms with Gasteiger partial charge in [-0.05, 0) is 12.1 Å². The van der Waals surface area contributed by atoms with Crippen molar-refractivity contribution in [3.05, 3.63) is 59.7 Å². The van der Waals surface area contributed by atoms with Gasteiger partial charge in [0, 0.05) is 17.0 Å². The molecule has 1 heterocycles. The maximum Gasteiger partial charge on any atom is 0.224 e. The van der Waals surface area contributed by atoms with Crippen LogP contribution in [-0.4, -0.2) is 5.91 Å². The van der Waals surface area contributed by atoms with Gasteiger partial charge in [0.15, 0.2) is 0 Å². The van der Waals surface area contributed by atoms with Gasteiger partial charge in [-0.25, -0.2) is 0 Å². The second-order valence-corrected chi connectivity index (χ2v) is 5.70. The topological polar surface area (TPSA) is 52.3 Å². The van der Waals surface area contributed by atoms with Crippen LogP contribution >= 0.6 is 0 Å². The number of carbonyl (C=O) groups excluding carboxylic acids is 1. The fourth-order valence-corrected chi connectivity index (χ4v) is 2.83. The fraction of sp³-hybridized carbons (Fsp3) is 0.235. The lowest BCUT2D eigenvalue weighted by Crippen LogP contribution is -2.38. The maximum absolute atomic E-state index is 11.9. The standard InChI is InChI=1S/C17H17NO2/c1-17(2,16(18)19)15-11-7-3-5-9-13(11)20-14-10-6-4-8-12(14)15/h3-10,15H,1-2H3,(H2,18,19). The van der Waals surface area contributed by atoms with Crippen LogP contribution in [-0.2, 0) is 4.79 Å². The van der Waals surface area contributed by atoms with Crippen molar-refractivity contribution in [2.24, 2.45) is 11.1 Å². The molecular weight excluding hydrogens is 250 g/mol. The fourth-order valence-electron chi connectivity index (χ4n) is 2.83. The summed E-state index contributed by atoms with van der Waals surface area (Å²) in [5.74, 6) is 1.19. The van der Waals surface area contributed by atoms with Gasteiger partial charge in [-0.3, -0.25) is 4.79 Å². The van der Waals surface area contributed by atoms with E-state index in [2.05, 4.69) is 0 Å². The molecule has 0 radical (unpaired) electrons. The van der Waals surface area contributed by atoms with E-state index >= 15 is 0 Å². The van der Waals surface area contributed by atoms with Crippen molar-refractivity contribution >= 4 is 5.91 Å². The van der Waals surface area contributed by atoms with Crippen LogP contribution in [0.4, 0.5) is 0 Å². The van der Waals surface area contributed by atoms with E-state index in [0.29, 0.717) is 0 Å². The molecule has 0 aromatic heterocycles. The smallest absolute Gasteiger partial charge is 0.224 e. The van der Waals surface area contributed by atoms with E-state index < -0.39 is 5.41 Å². The van der Waals surface area contributed by atoms with Crippen LogP contribution in [0.25, 0.3) is 0 Å². The highest BCUT2D eigenvalue weighted by Crippen LogP contribution is 2.51. The Labute approximate surface area is 118 Å². The Morgan fingerprint density at radius 2 is 1.45 bits per heavy atom. The number of hydrogen-bond acceptors (Lipinski definition) is 2. The largest absolute Gasteiger partial charge is 0.457 e. The summed E-state index contributed by atoms with van der Waals surface area (Å²) in [7, 11) is 0. The summed E-state index contributed by atoms with van der Waals surface area (Å²) in [5, 5.41) is 0. The molecule has 102 valence electrons. The highest BCUT2D eigenvalue weighted by molar-refractivity contribution is 5.82. The molecule has 0 bridgehead atoms. The van der Waals surface area contributed by atoms with Gasteiger partial charge in [-0.1, -0.05) is 50.2 Å². The Kier molecular flexibility index (Phi) is 2.78. The molecule has 20 heavy (non-hydrogen) atoms. The first kappa shape index (κ1) is 12.7. The van der Waals surface area contributed by atoms with Gasteiger partial charge in [0.25, 0.3) is 0 Å². The van der Waals surface area contributed by atoms with Gasteiger partial charge < -0.3 is 10.5 Å². The molecule has 0 saturated carbocycles. The third kappa shape index (κ3) is 1.78. The Bertz CT molecular complexity index is 631. The monoisotopic (exact) mass is 267 g/mol. The van der Waals surface area contributed by atoms with E-state index in [1.807, 2.05) is 62.4 Å². The first-order valence-corrected chi connectivity index (χ1v) is 6.67. The summed E-state index contributed by atoms with van der Waals surface area (Å²) in [4.78, 5) is 11.9. The number of carbonyl (C=O) groups is 1. The predicted molar refractivity (Wildman–Crippen MR) is 77.8 cm³/mol. The third-order valence-electron chi connectivity index (χ3n) is 4.04. The molecule has 2 aromatic rings. The van der Waals surface area contributed by atoms with Gasteiger partial charge >= 0.3 is 0 Å². The highest BCUT2D eigenvalue weighted by atomic mass is 16.5. The molecular formula is C17H17NO2. The number of nitrogens with two attached hydrogens (primary N) is 1. The van der Waals surface area contributed by atoms with E-state index in [-0.39, 0.29) is 11.8 Å². The van der Waals surface area contributed by atoms with Crippen LogP contribution in [0, 0.1) is 5.41 Å². The second kappa shape index (κ2) is 4.37. The molecule has 2 aromatic carbocycles. The molecule has 0 atom stereocenters. The second-order valence-electron chi connectivity index (χ2n) is 5.70. The van der Waals surface area contributed by atoms with E-state index in [1.165, 1.54) is 0 Å². The zero-order chi connectivity index (χ0) is 14.3. The van der Waals surface area contributed by atoms with Crippen molar-refractivity contribution in [3.63, 3.8) is 0 Å². The molecule has 1 aliphatic heterocycles. The number of rotatable bonds is 2. The van der Waals surface area contributed by atoms with Crippen LogP contribution in [0.2, 0.25) is 0 Å². The molecule has 3 nitrogen and oxygen atoms in total. The Hall–Kier alpha value is -2.29. The van der Waals surface area contributed by atoms with E-state index in [1.54, 1.807) is 0 Å². The number of para-hydroxylation sites is 2. The lowest BCUT2D eigenvalue weighted by Gasteiger charge is -2.37. The zero-order valence-electron chi connectivity index (χ0n) is 11.6. The number of amides is 1. The Balaban J connectivity index is 2.25. The highest BCUT2D eigenvalue weighted by Gasteiger charge is 2.42. The first-order chi connectivity index (χ1) is 9.51. The average Bonchev–Trinajstić information content (AvgIpc) is 2.44. The van der Waals surface area contributed by atoms with Gasteiger partial charge in [-0.2, -0.15) is 0 Å². The van der Waals surface area contributed by atoms with Crippen molar-refractivity contribution in [1.29, 1.82) is 0 Å². The SMILES string of the molecule is CC(C)(C(N)=O)C1c2ccccc2Oc2ccccc21. The Morgan fingerprint density at radius 3 is 1.90 bits per heavy atom. The minimum Gasteiger partial charge on any atom is -0.457 e. The molecule has 1 amide bonds. The summed E-state index contributed by atoms with van der Waals surface area (Å²) >= 11 is 0. The van der Waals surface area contributed by atoms with Crippen LogP contribution in [0.3, 0.4) is 0 Å². The van der Waals surface area contributed by atoms with Gasteiger partial charge in [0.05, 0.1) is 5.41 Å². The van der Waals surface area contributed by atoms with Crippen molar-refractivity contribution in [2.45, 2.75) is 19.8 Å². The Morgan fingerprint density at radius 1 is 1.00 bits per heavy atom. The first-order valence-electron chi connectivity index (χ1n) is 6.67. The zero-order valence-corrected chi connectivity index (χ0v) is 11.6. The number of hydrogen-bond donors (Lipinski definition) is 1. The van der Waals surface area contributed by atoms with Crippen LogP contribution < -0.4 is 10.5 Å². The summed E-state index contributed by atoms with van der Waals surface area (Å²) < 4.78 is 5.93. The van der Waals surface area contributed by atoms with Crippen LogP contribution in [0.15, 0.2) is 48.5 Å². The van der Waals surface area contributed by atoms with E-state index in [9.17, 15) is 4.79 Å². The van der Waals surface area contributed by atoms with Crippen LogP contribution in [0.1, 0.15) is 30.9 Å². The van der Waals surface area contributed by atoms with E-state index in [4.69, 9.17) is 10.5 Å². The third-order valence-corrected chi connectivity index (χ3v) is 4.04. The number of primary amides is 1. The molecule has 0 aliphatic carbocycles. The summed E-state index contributed by atoms with van der Waals surface area (Å²) in [6.07, 6.45) is 0. The molecule has 0 fully saturated rings. The van der Waals surface area contributed by atoms with Crippen molar-refractivity contribution in [1.82, 2.24) is 0 Å². The van der Waals surface area contributed by atoms with Crippen molar-refractivity contribution in [2.75, 3.05) is 0 Å². The average molecular weight is 267 g/mol. The minimum absolute atomic E-state index is 0.0962. The molecule has 3 heteroatoms. The lowest BCUT2D eigenvalue weighted by atomic mass is 9.69. The normalized spacial score (nSPS) is 14.1. The maximum atomic E-state index is 11.9. The summed E-state index contributed by atoms with van der Waals surface area (Å²) in [6.45, 7) is 3.78. The van der Waals surface area contributed by atoms with Crippen molar-refractivity contribution in [3.8, 4) is 11.5 Å². The van der Waals surface area contributed by atoms with Gasteiger partial charge in [0.1, 0.15) is 11.5 Å². The number of fused-ring (bicyclic) bond motifs is 2. The minimum atomic E-state index is -0.685.